The van der Waals surface area contributed by atoms with E-state index in [-0.39, 0.29) is 7.11 Å². The van der Waals surface area contributed by atoms with E-state index in [1.165, 1.54) is 28.8 Å². The highest BCUT2D eigenvalue weighted by Crippen LogP contribution is 2.29. The molecular formula is C26H34F2N6O. The molecule has 5 rings (SSSR count). The molecule has 0 saturated carbocycles. The third-order valence-corrected chi connectivity index (χ3v) is 7.08. The Morgan fingerprint density at radius 1 is 0.914 bits per heavy atom. The minimum Gasteiger partial charge on any atom is -0.381 e. The predicted octanol–water partition coefficient (Wildman–Crippen LogP) is 4.92. The van der Waals surface area contributed by atoms with E-state index < -0.39 is 11.6 Å². The molecule has 2 aromatic carbocycles. The standard InChI is InChI=1S/C26H32F2N6O.H2/c1-18-11-21(30-26-29-17-34(31-26)24-14-19(27)13-20(28)15-24)16-23(12-18)33-7-3-22(4-8-33)32-9-5-25(35-2)6-10-32;/h11-17,22,25H,3-10H2,1-2H3,(H,30,31);1H. The van der Waals surface area contributed by atoms with Gasteiger partial charge in [0.2, 0.25) is 5.95 Å². The second-order valence-corrected chi connectivity index (χ2v) is 9.51. The number of piperidine rings is 2. The van der Waals surface area contributed by atoms with E-state index in [9.17, 15) is 8.78 Å². The van der Waals surface area contributed by atoms with Crippen molar-refractivity contribution in [2.45, 2.75) is 44.8 Å². The zero-order valence-corrected chi connectivity index (χ0v) is 20.3. The highest BCUT2D eigenvalue weighted by Gasteiger charge is 2.28. The number of nitrogens with one attached hydrogen (secondary N) is 1. The number of halogens is 2. The molecule has 0 radical (unpaired) electrons. The summed E-state index contributed by atoms with van der Waals surface area (Å²) in [6.07, 6.45) is 6.42. The first-order valence-corrected chi connectivity index (χ1v) is 12.3. The first-order chi connectivity index (χ1) is 17.0. The van der Waals surface area contributed by atoms with Crippen molar-refractivity contribution in [1.82, 2.24) is 19.7 Å². The molecule has 3 aromatic rings. The minimum atomic E-state index is -0.656. The van der Waals surface area contributed by atoms with Crippen molar-refractivity contribution >= 4 is 17.3 Å². The van der Waals surface area contributed by atoms with Crippen molar-refractivity contribution in [3.05, 3.63) is 59.9 Å². The lowest BCUT2D eigenvalue weighted by Gasteiger charge is -2.42. The largest absolute Gasteiger partial charge is 0.381 e. The molecule has 35 heavy (non-hydrogen) atoms. The Labute approximate surface area is 206 Å². The molecule has 2 saturated heterocycles. The zero-order valence-electron chi connectivity index (χ0n) is 20.3. The minimum absolute atomic E-state index is 0. The molecule has 2 aliphatic rings. The van der Waals surface area contributed by atoms with E-state index >= 15 is 0 Å². The molecule has 0 bridgehead atoms. The van der Waals surface area contributed by atoms with Crippen molar-refractivity contribution in [3.63, 3.8) is 0 Å². The third-order valence-electron chi connectivity index (χ3n) is 7.08. The summed E-state index contributed by atoms with van der Waals surface area (Å²) in [6.45, 7) is 6.38. The van der Waals surface area contributed by atoms with Gasteiger partial charge in [0.25, 0.3) is 0 Å². The average molecular weight is 485 g/mol. The second kappa shape index (κ2) is 10.3. The number of methoxy groups -OCH3 is 1. The first kappa shape index (κ1) is 23.7. The van der Waals surface area contributed by atoms with Gasteiger partial charge in [-0.1, -0.05) is 0 Å². The molecule has 1 N–H and O–H groups in total. The summed E-state index contributed by atoms with van der Waals surface area (Å²) in [6, 6.07) is 10.3. The molecule has 1 aromatic heterocycles. The van der Waals surface area contributed by atoms with Gasteiger partial charge in [0, 0.05) is 58.2 Å². The van der Waals surface area contributed by atoms with Crippen molar-refractivity contribution in [1.29, 1.82) is 0 Å². The van der Waals surface area contributed by atoms with Gasteiger partial charge in [-0.3, -0.25) is 0 Å². The molecule has 2 aliphatic heterocycles. The van der Waals surface area contributed by atoms with Gasteiger partial charge in [-0.25, -0.2) is 13.5 Å². The van der Waals surface area contributed by atoms with E-state index in [1.807, 2.05) is 13.2 Å². The van der Waals surface area contributed by atoms with Gasteiger partial charge in [-0.2, -0.15) is 4.98 Å². The SMILES string of the molecule is COC1CCN(C2CCN(c3cc(C)cc(Nc4ncn(-c5cc(F)cc(F)c5)n4)c3)CC2)CC1.[HH]. The van der Waals surface area contributed by atoms with Crippen LogP contribution in [0.2, 0.25) is 0 Å². The maximum Gasteiger partial charge on any atom is 0.246 e. The number of aromatic nitrogens is 3. The van der Waals surface area contributed by atoms with Crippen molar-refractivity contribution in [3.8, 4) is 5.69 Å². The summed E-state index contributed by atoms with van der Waals surface area (Å²) in [7, 11) is 1.82. The number of likely N-dealkylation sites (tertiary alicyclic amines) is 1. The fraction of sp³-hybridized carbons (Fsp3) is 0.462. The average Bonchev–Trinajstić information content (AvgIpc) is 3.32. The van der Waals surface area contributed by atoms with Gasteiger partial charge in [0.1, 0.15) is 18.0 Å². The molecule has 0 atom stereocenters. The summed E-state index contributed by atoms with van der Waals surface area (Å²) in [5, 5.41) is 7.57. The highest BCUT2D eigenvalue weighted by atomic mass is 19.1. The number of ether oxygens (including phenoxy) is 1. The van der Waals surface area contributed by atoms with Gasteiger partial charge in [0.05, 0.1) is 11.8 Å². The Morgan fingerprint density at radius 3 is 2.31 bits per heavy atom. The summed E-state index contributed by atoms with van der Waals surface area (Å²) in [5.74, 6) is -0.947. The predicted molar refractivity (Wildman–Crippen MR) is 135 cm³/mol. The normalized spacial score (nSPS) is 18.2. The van der Waals surface area contributed by atoms with E-state index in [0.29, 0.717) is 18.1 Å². The molecule has 2 fully saturated rings. The molecule has 7 nitrogen and oxygen atoms in total. The lowest BCUT2D eigenvalue weighted by Crippen LogP contribution is -2.48. The van der Waals surface area contributed by atoms with Crippen molar-refractivity contribution < 1.29 is 14.9 Å². The topological polar surface area (TPSA) is 58.5 Å². The summed E-state index contributed by atoms with van der Waals surface area (Å²) >= 11 is 0. The van der Waals surface area contributed by atoms with Crippen LogP contribution >= 0.6 is 0 Å². The van der Waals surface area contributed by atoms with Gasteiger partial charge >= 0.3 is 0 Å². The van der Waals surface area contributed by atoms with Gasteiger partial charge < -0.3 is 19.9 Å². The molecule has 0 aliphatic carbocycles. The van der Waals surface area contributed by atoms with Crippen LogP contribution in [0.5, 0.6) is 0 Å². The summed E-state index contributed by atoms with van der Waals surface area (Å²) < 4.78 is 34.0. The molecule has 0 amide bonds. The molecule has 0 spiro atoms. The smallest absolute Gasteiger partial charge is 0.246 e. The van der Waals surface area contributed by atoms with Crippen LogP contribution in [-0.2, 0) is 4.74 Å². The van der Waals surface area contributed by atoms with Crippen LogP contribution in [-0.4, -0.2) is 65.1 Å². The second-order valence-electron chi connectivity index (χ2n) is 9.51. The van der Waals surface area contributed by atoms with Crippen LogP contribution in [0.4, 0.5) is 26.1 Å². The lowest BCUT2D eigenvalue weighted by atomic mass is 9.98. The molecule has 9 heteroatoms. The molecule has 3 heterocycles. The van der Waals surface area contributed by atoms with Crippen LogP contribution in [0.15, 0.2) is 42.7 Å². The number of hydrogen-bond acceptors (Lipinski definition) is 6. The molecule has 0 unspecified atom stereocenters. The van der Waals surface area contributed by atoms with Crippen LogP contribution in [0.1, 0.15) is 32.7 Å². The Bertz CT molecular complexity index is 1140. The number of aryl methyl sites for hydroxylation is 1. The van der Waals surface area contributed by atoms with Crippen LogP contribution in [0.25, 0.3) is 5.69 Å². The first-order valence-electron chi connectivity index (χ1n) is 12.3. The Kier molecular flexibility index (Phi) is 6.97. The number of nitrogens with zero attached hydrogens (tertiary/aromatic N) is 5. The van der Waals surface area contributed by atoms with Crippen LogP contribution in [0, 0.1) is 18.6 Å². The van der Waals surface area contributed by atoms with E-state index in [4.69, 9.17) is 4.74 Å². The molecular weight excluding hydrogens is 450 g/mol. The number of rotatable bonds is 6. The number of benzene rings is 2. The molecule has 188 valence electrons. The fourth-order valence-electron chi connectivity index (χ4n) is 5.23. The van der Waals surface area contributed by atoms with Gasteiger partial charge in [0.15, 0.2) is 0 Å². The third kappa shape index (κ3) is 5.62. The van der Waals surface area contributed by atoms with Crippen molar-refractivity contribution in [2.75, 3.05) is 43.5 Å². The number of hydrogen-bond donors (Lipinski definition) is 1. The van der Waals surface area contributed by atoms with Crippen molar-refractivity contribution in [2.24, 2.45) is 0 Å². The fourth-order valence-corrected chi connectivity index (χ4v) is 5.23. The summed E-state index contributed by atoms with van der Waals surface area (Å²) in [4.78, 5) is 9.34. The zero-order chi connectivity index (χ0) is 24.4. The van der Waals surface area contributed by atoms with Gasteiger partial charge in [-0.05, 0) is 68.5 Å². The Balaban J connectivity index is 0.00000304. The highest BCUT2D eigenvalue weighted by molar-refractivity contribution is 5.64. The monoisotopic (exact) mass is 484 g/mol. The quantitative estimate of drug-likeness (QED) is 0.536. The number of anilines is 3. The van der Waals surface area contributed by atoms with Crippen LogP contribution in [0.3, 0.4) is 0 Å². The van der Waals surface area contributed by atoms with E-state index in [0.717, 1.165) is 69.2 Å². The Morgan fingerprint density at radius 2 is 1.63 bits per heavy atom. The van der Waals surface area contributed by atoms with Gasteiger partial charge in [-0.15, -0.1) is 5.10 Å². The van der Waals surface area contributed by atoms with E-state index in [2.05, 4.69) is 44.3 Å². The lowest BCUT2D eigenvalue weighted by molar-refractivity contribution is 0.0233. The Hall–Kier alpha value is -3.04. The maximum atomic E-state index is 13.6. The maximum absolute atomic E-state index is 13.6. The van der Waals surface area contributed by atoms with Crippen LogP contribution < -0.4 is 10.2 Å². The van der Waals surface area contributed by atoms with E-state index in [1.54, 1.807) is 0 Å². The summed E-state index contributed by atoms with van der Waals surface area (Å²) in [5.41, 5.74) is 3.48.